The molecule has 1 aliphatic rings. The molecule has 0 aliphatic heterocycles. The normalized spacial score (nSPS) is 15.1. The average molecular weight is 238 g/mol. The summed E-state index contributed by atoms with van der Waals surface area (Å²) in [5, 5.41) is 6.13. The van der Waals surface area contributed by atoms with Gasteiger partial charge in [0.2, 0.25) is 5.91 Å². The Kier molecular flexibility index (Phi) is 3.96. The highest BCUT2D eigenvalue weighted by atomic mass is 32.1. The van der Waals surface area contributed by atoms with Crippen LogP contribution in [0.15, 0.2) is 12.1 Å². The number of aryl methyl sites for hydroxylation is 1. The Balaban J connectivity index is 1.67. The van der Waals surface area contributed by atoms with Crippen LogP contribution in [-0.4, -0.2) is 18.5 Å². The lowest BCUT2D eigenvalue weighted by atomic mass is 10.3. The first-order valence-electron chi connectivity index (χ1n) is 5.85. The molecule has 1 aromatic heterocycles. The van der Waals surface area contributed by atoms with Crippen LogP contribution in [-0.2, 0) is 17.8 Å². The van der Waals surface area contributed by atoms with Gasteiger partial charge in [0.25, 0.3) is 0 Å². The van der Waals surface area contributed by atoms with Crippen LogP contribution in [0.5, 0.6) is 0 Å². The molecule has 4 heteroatoms. The molecular weight excluding hydrogens is 220 g/mol. The maximum Gasteiger partial charge on any atom is 0.234 e. The van der Waals surface area contributed by atoms with Crippen molar-refractivity contribution in [3.05, 3.63) is 21.9 Å². The number of amides is 1. The number of carbonyl (C=O) groups excluding carboxylic acids is 1. The molecule has 2 N–H and O–H groups in total. The van der Waals surface area contributed by atoms with Gasteiger partial charge in [0.15, 0.2) is 0 Å². The molecule has 0 unspecified atom stereocenters. The van der Waals surface area contributed by atoms with Crippen molar-refractivity contribution in [2.75, 3.05) is 6.54 Å². The second kappa shape index (κ2) is 5.46. The molecule has 0 bridgehead atoms. The molecule has 0 atom stereocenters. The predicted octanol–water partition coefficient (Wildman–Crippen LogP) is 1.68. The monoisotopic (exact) mass is 238 g/mol. The third-order valence-electron chi connectivity index (χ3n) is 2.65. The van der Waals surface area contributed by atoms with Crippen LogP contribution < -0.4 is 10.6 Å². The van der Waals surface area contributed by atoms with Crippen molar-refractivity contribution in [2.45, 2.75) is 38.8 Å². The Morgan fingerprint density at radius 2 is 2.19 bits per heavy atom. The quantitative estimate of drug-likeness (QED) is 0.791. The van der Waals surface area contributed by atoms with Gasteiger partial charge in [-0.1, -0.05) is 6.92 Å². The van der Waals surface area contributed by atoms with Crippen molar-refractivity contribution in [3.63, 3.8) is 0 Å². The van der Waals surface area contributed by atoms with E-state index >= 15 is 0 Å². The fourth-order valence-corrected chi connectivity index (χ4v) is 2.38. The van der Waals surface area contributed by atoms with Gasteiger partial charge < -0.3 is 10.6 Å². The molecule has 0 saturated heterocycles. The molecule has 0 radical (unpaired) electrons. The zero-order valence-electron chi connectivity index (χ0n) is 9.58. The van der Waals surface area contributed by atoms with E-state index < -0.39 is 0 Å². The Bertz CT molecular complexity index is 358. The summed E-state index contributed by atoms with van der Waals surface area (Å²) >= 11 is 1.78. The number of carbonyl (C=O) groups is 1. The summed E-state index contributed by atoms with van der Waals surface area (Å²) in [5.74, 6) is 0.0957. The van der Waals surface area contributed by atoms with Crippen molar-refractivity contribution >= 4 is 17.2 Å². The van der Waals surface area contributed by atoms with Gasteiger partial charge in [-0.3, -0.25) is 4.79 Å². The van der Waals surface area contributed by atoms with Crippen LogP contribution in [0.3, 0.4) is 0 Å². The highest BCUT2D eigenvalue weighted by Crippen LogP contribution is 2.18. The minimum atomic E-state index is 0.0957. The lowest BCUT2D eigenvalue weighted by Gasteiger charge is -2.04. The maximum absolute atomic E-state index is 11.5. The van der Waals surface area contributed by atoms with E-state index in [-0.39, 0.29) is 5.91 Å². The highest BCUT2D eigenvalue weighted by Gasteiger charge is 2.20. The molecule has 1 saturated carbocycles. The van der Waals surface area contributed by atoms with E-state index in [1.54, 1.807) is 11.3 Å². The van der Waals surface area contributed by atoms with Crippen molar-refractivity contribution in [2.24, 2.45) is 0 Å². The van der Waals surface area contributed by atoms with Gasteiger partial charge in [-0.2, -0.15) is 0 Å². The summed E-state index contributed by atoms with van der Waals surface area (Å²) in [6, 6.07) is 4.83. The van der Waals surface area contributed by atoms with Crippen LogP contribution in [0, 0.1) is 0 Å². The fraction of sp³-hybridized carbons (Fsp3) is 0.583. The third kappa shape index (κ3) is 3.61. The van der Waals surface area contributed by atoms with Gasteiger partial charge in [0.1, 0.15) is 0 Å². The van der Waals surface area contributed by atoms with Gasteiger partial charge in [-0.05, 0) is 31.4 Å². The van der Waals surface area contributed by atoms with E-state index in [1.807, 2.05) is 0 Å². The molecule has 1 amide bonds. The van der Waals surface area contributed by atoms with Crippen molar-refractivity contribution in [1.29, 1.82) is 0 Å². The molecule has 1 fully saturated rings. The Morgan fingerprint density at radius 1 is 1.44 bits per heavy atom. The van der Waals surface area contributed by atoms with Crippen LogP contribution in [0.4, 0.5) is 0 Å². The Labute approximate surface area is 100 Å². The highest BCUT2D eigenvalue weighted by molar-refractivity contribution is 7.11. The van der Waals surface area contributed by atoms with E-state index in [0.29, 0.717) is 19.1 Å². The summed E-state index contributed by atoms with van der Waals surface area (Å²) in [5.41, 5.74) is 0. The summed E-state index contributed by atoms with van der Waals surface area (Å²) in [6.07, 6.45) is 3.51. The minimum Gasteiger partial charge on any atom is -0.350 e. The summed E-state index contributed by atoms with van der Waals surface area (Å²) in [4.78, 5) is 14.1. The molecule has 1 heterocycles. The second-order valence-corrected chi connectivity index (χ2v) is 5.41. The second-order valence-electron chi connectivity index (χ2n) is 4.15. The zero-order chi connectivity index (χ0) is 11.4. The molecular formula is C12H18N2OS. The van der Waals surface area contributed by atoms with Crippen molar-refractivity contribution < 1.29 is 4.79 Å². The third-order valence-corrected chi connectivity index (χ3v) is 3.88. The van der Waals surface area contributed by atoms with Gasteiger partial charge in [0.05, 0.1) is 13.1 Å². The van der Waals surface area contributed by atoms with Gasteiger partial charge in [0, 0.05) is 15.8 Å². The number of nitrogens with one attached hydrogen (secondary N) is 2. The van der Waals surface area contributed by atoms with Crippen LogP contribution in [0.1, 0.15) is 29.5 Å². The number of thiophene rings is 1. The summed E-state index contributed by atoms with van der Waals surface area (Å²) < 4.78 is 0. The lowest BCUT2D eigenvalue weighted by Crippen LogP contribution is -2.34. The van der Waals surface area contributed by atoms with Gasteiger partial charge in [-0.25, -0.2) is 0 Å². The van der Waals surface area contributed by atoms with Crippen LogP contribution >= 0.6 is 11.3 Å². The van der Waals surface area contributed by atoms with E-state index in [9.17, 15) is 4.79 Å². The zero-order valence-corrected chi connectivity index (χ0v) is 10.4. The van der Waals surface area contributed by atoms with Crippen LogP contribution in [0.2, 0.25) is 0 Å². The molecule has 1 aromatic rings. The topological polar surface area (TPSA) is 41.1 Å². The standard InChI is InChI=1S/C12H18N2OS/c1-2-10-5-6-11(16-10)7-14-12(15)8-13-9-3-4-9/h5-6,9,13H,2-4,7-8H2,1H3,(H,14,15). The molecule has 16 heavy (non-hydrogen) atoms. The largest absolute Gasteiger partial charge is 0.350 e. The fourth-order valence-electron chi connectivity index (χ4n) is 1.48. The first-order valence-corrected chi connectivity index (χ1v) is 6.67. The first kappa shape index (κ1) is 11.6. The Hall–Kier alpha value is -0.870. The molecule has 3 nitrogen and oxygen atoms in total. The molecule has 0 spiro atoms. The van der Waals surface area contributed by atoms with E-state index in [1.165, 1.54) is 22.6 Å². The minimum absolute atomic E-state index is 0.0957. The maximum atomic E-state index is 11.5. The first-order chi connectivity index (χ1) is 7.78. The predicted molar refractivity (Wildman–Crippen MR) is 66.6 cm³/mol. The van der Waals surface area contributed by atoms with E-state index in [2.05, 4.69) is 29.7 Å². The SMILES string of the molecule is CCc1ccc(CNC(=O)CNC2CC2)s1. The number of hydrogen-bond acceptors (Lipinski definition) is 3. The number of hydrogen-bond donors (Lipinski definition) is 2. The van der Waals surface area contributed by atoms with Crippen molar-refractivity contribution in [3.8, 4) is 0 Å². The van der Waals surface area contributed by atoms with E-state index in [0.717, 1.165) is 6.42 Å². The molecule has 1 aliphatic carbocycles. The van der Waals surface area contributed by atoms with Gasteiger partial charge >= 0.3 is 0 Å². The van der Waals surface area contributed by atoms with Gasteiger partial charge in [-0.15, -0.1) is 11.3 Å². The smallest absolute Gasteiger partial charge is 0.234 e. The average Bonchev–Trinajstić information content (AvgIpc) is 3.01. The summed E-state index contributed by atoms with van der Waals surface area (Å²) in [6.45, 7) is 3.26. The molecule has 2 rings (SSSR count). The number of rotatable bonds is 6. The Morgan fingerprint density at radius 3 is 2.81 bits per heavy atom. The van der Waals surface area contributed by atoms with Crippen LogP contribution in [0.25, 0.3) is 0 Å². The molecule has 88 valence electrons. The van der Waals surface area contributed by atoms with E-state index in [4.69, 9.17) is 0 Å². The molecule has 0 aromatic carbocycles. The van der Waals surface area contributed by atoms with Crippen molar-refractivity contribution in [1.82, 2.24) is 10.6 Å². The lowest BCUT2D eigenvalue weighted by molar-refractivity contribution is -0.120. The summed E-state index contributed by atoms with van der Waals surface area (Å²) in [7, 11) is 0.